The van der Waals surface area contributed by atoms with E-state index in [1.807, 2.05) is 19.1 Å². The van der Waals surface area contributed by atoms with Gasteiger partial charge in [0.1, 0.15) is 5.76 Å². The molecule has 0 aliphatic heterocycles. The van der Waals surface area contributed by atoms with Gasteiger partial charge in [0.25, 0.3) is 0 Å². The van der Waals surface area contributed by atoms with Gasteiger partial charge in [0.15, 0.2) is 0 Å². The van der Waals surface area contributed by atoms with E-state index < -0.39 is 0 Å². The normalized spacial score (nSPS) is 12.4. The second-order valence-corrected chi connectivity index (χ2v) is 5.96. The van der Waals surface area contributed by atoms with Crippen molar-refractivity contribution in [2.24, 2.45) is 5.73 Å². The molecule has 0 amide bonds. The van der Waals surface area contributed by atoms with Crippen molar-refractivity contribution in [2.45, 2.75) is 32.9 Å². The zero-order valence-corrected chi connectivity index (χ0v) is 13.6. The summed E-state index contributed by atoms with van der Waals surface area (Å²) in [4.78, 5) is 2.31. The average molecular weight is 337 g/mol. The molecule has 1 unspecified atom stereocenters. The van der Waals surface area contributed by atoms with Gasteiger partial charge in [0.05, 0.1) is 12.8 Å². The third-order valence-electron chi connectivity index (χ3n) is 3.23. The molecule has 0 saturated heterocycles. The molecule has 20 heavy (non-hydrogen) atoms. The third kappa shape index (κ3) is 3.87. The molecular weight excluding hydrogens is 316 g/mol. The van der Waals surface area contributed by atoms with E-state index in [-0.39, 0.29) is 6.04 Å². The van der Waals surface area contributed by atoms with Crippen molar-refractivity contribution >= 4 is 21.6 Å². The Morgan fingerprint density at radius 1 is 1.35 bits per heavy atom. The van der Waals surface area contributed by atoms with E-state index in [0.29, 0.717) is 0 Å². The molecule has 3 nitrogen and oxygen atoms in total. The summed E-state index contributed by atoms with van der Waals surface area (Å²) in [5.74, 6) is 0.974. The highest BCUT2D eigenvalue weighted by Crippen LogP contribution is 2.27. The summed E-state index contributed by atoms with van der Waals surface area (Å²) in [6.45, 7) is 5.89. The minimum absolute atomic E-state index is 0.144. The standard InChI is InChI=1S/C16H21BrN2O/c1-3-19(11-15-5-4-8-20-15)16-7-6-14(17)10-13(16)9-12(2)18/h4-8,10,12H,3,9,11,18H2,1-2H3. The largest absolute Gasteiger partial charge is 0.467 e. The van der Waals surface area contributed by atoms with Crippen LogP contribution in [-0.2, 0) is 13.0 Å². The molecule has 2 N–H and O–H groups in total. The number of halogens is 1. The molecule has 2 rings (SSSR count). The topological polar surface area (TPSA) is 42.4 Å². The van der Waals surface area contributed by atoms with Crippen LogP contribution < -0.4 is 10.6 Å². The van der Waals surface area contributed by atoms with Crippen LogP contribution in [0.5, 0.6) is 0 Å². The third-order valence-corrected chi connectivity index (χ3v) is 3.73. The molecule has 0 aliphatic rings. The maximum atomic E-state index is 5.97. The molecule has 0 fully saturated rings. The molecule has 0 saturated carbocycles. The second-order valence-electron chi connectivity index (χ2n) is 5.05. The van der Waals surface area contributed by atoms with Crippen molar-refractivity contribution < 1.29 is 4.42 Å². The Kier molecular flexibility index (Phi) is 5.26. The molecule has 1 aromatic heterocycles. The molecule has 2 aromatic rings. The van der Waals surface area contributed by atoms with Crippen LogP contribution in [0.15, 0.2) is 45.5 Å². The highest BCUT2D eigenvalue weighted by Gasteiger charge is 2.13. The number of nitrogens with two attached hydrogens (primary N) is 1. The van der Waals surface area contributed by atoms with Gasteiger partial charge in [0, 0.05) is 22.7 Å². The van der Waals surface area contributed by atoms with Crippen LogP contribution in [0.2, 0.25) is 0 Å². The molecule has 1 aromatic carbocycles. The molecule has 108 valence electrons. The Bertz CT molecular complexity index is 537. The highest BCUT2D eigenvalue weighted by molar-refractivity contribution is 9.10. The van der Waals surface area contributed by atoms with E-state index in [1.165, 1.54) is 11.3 Å². The van der Waals surface area contributed by atoms with Crippen LogP contribution in [0.25, 0.3) is 0 Å². The van der Waals surface area contributed by atoms with Crippen LogP contribution in [0.3, 0.4) is 0 Å². The quantitative estimate of drug-likeness (QED) is 0.868. The fourth-order valence-electron chi connectivity index (χ4n) is 2.33. The van der Waals surface area contributed by atoms with E-state index >= 15 is 0 Å². The first-order valence-corrected chi connectivity index (χ1v) is 7.70. The highest BCUT2D eigenvalue weighted by atomic mass is 79.9. The van der Waals surface area contributed by atoms with Gasteiger partial charge in [-0.05, 0) is 56.2 Å². The summed E-state index contributed by atoms with van der Waals surface area (Å²) in [7, 11) is 0. The summed E-state index contributed by atoms with van der Waals surface area (Å²) in [5.41, 5.74) is 8.46. The molecular formula is C16H21BrN2O. The van der Waals surface area contributed by atoms with Gasteiger partial charge >= 0.3 is 0 Å². The predicted molar refractivity (Wildman–Crippen MR) is 86.9 cm³/mol. The van der Waals surface area contributed by atoms with Crippen molar-refractivity contribution in [3.05, 3.63) is 52.4 Å². The smallest absolute Gasteiger partial charge is 0.123 e. The van der Waals surface area contributed by atoms with E-state index in [2.05, 4.69) is 46.0 Å². The molecule has 0 spiro atoms. The lowest BCUT2D eigenvalue weighted by molar-refractivity contribution is 0.503. The number of hydrogen-bond acceptors (Lipinski definition) is 3. The summed E-state index contributed by atoms with van der Waals surface area (Å²) in [5, 5.41) is 0. The number of nitrogens with zero attached hydrogens (tertiary/aromatic N) is 1. The van der Waals surface area contributed by atoms with Crippen LogP contribution >= 0.6 is 15.9 Å². The zero-order chi connectivity index (χ0) is 14.5. The summed E-state index contributed by atoms with van der Waals surface area (Å²) in [6, 6.07) is 10.5. The maximum Gasteiger partial charge on any atom is 0.123 e. The Labute approximate surface area is 128 Å². The van der Waals surface area contributed by atoms with E-state index in [4.69, 9.17) is 10.2 Å². The Hall–Kier alpha value is -1.26. The number of hydrogen-bond donors (Lipinski definition) is 1. The van der Waals surface area contributed by atoms with Crippen LogP contribution in [0.1, 0.15) is 25.2 Å². The van der Waals surface area contributed by atoms with Gasteiger partial charge in [-0.15, -0.1) is 0 Å². The summed E-state index contributed by atoms with van der Waals surface area (Å²) in [6.07, 6.45) is 2.58. The fourth-order valence-corrected chi connectivity index (χ4v) is 2.74. The van der Waals surface area contributed by atoms with Gasteiger partial charge in [-0.25, -0.2) is 0 Å². The fraction of sp³-hybridized carbons (Fsp3) is 0.375. The first kappa shape index (κ1) is 15.1. The molecule has 0 bridgehead atoms. The number of furan rings is 1. The van der Waals surface area contributed by atoms with Crippen molar-refractivity contribution in [1.82, 2.24) is 0 Å². The van der Waals surface area contributed by atoms with Crippen LogP contribution in [0.4, 0.5) is 5.69 Å². The lowest BCUT2D eigenvalue weighted by Crippen LogP contribution is -2.25. The number of anilines is 1. The number of rotatable bonds is 6. The minimum atomic E-state index is 0.144. The molecule has 0 aliphatic carbocycles. The van der Waals surface area contributed by atoms with E-state index in [9.17, 15) is 0 Å². The Balaban J connectivity index is 2.28. The number of benzene rings is 1. The van der Waals surface area contributed by atoms with Crippen molar-refractivity contribution in [2.75, 3.05) is 11.4 Å². The monoisotopic (exact) mass is 336 g/mol. The van der Waals surface area contributed by atoms with Gasteiger partial charge < -0.3 is 15.1 Å². The Morgan fingerprint density at radius 2 is 2.15 bits per heavy atom. The van der Waals surface area contributed by atoms with Gasteiger partial charge in [-0.3, -0.25) is 0 Å². The first-order valence-electron chi connectivity index (χ1n) is 6.91. The molecule has 0 radical (unpaired) electrons. The summed E-state index contributed by atoms with van der Waals surface area (Å²) >= 11 is 3.54. The van der Waals surface area contributed by atoms with Crippen molar-refractivity contribution in [1.29, 1.82) is 0 Å². The molecule has 4 heteroatoms. The zero-order valence-electron chi connectivity index (χ0n) is 12.0. The predicted octanol–water partition coefficient (Wildman–Crippen LogP) is 3.96. The van der Waals surface area contributed by atoms with Crippen LogP contribution in [-0.4, -0.2) is 12.6 Å². The second kappa shape index (κ2) is 6.95. The first-order chi connectivity index (χ1) is 9.60. The molecule has 1 atom stereocenters. The minimum Gasteiger partial charge on any atom is -0.467 e. The Morgan fingerprint density at radius 3 is 2.75 bits per heavy atom. The summed E-state index contributed by atoms with van der Waals surface area (Å²) < 4.78 is 6.55. The van der Waals surface area contributed by atoms with E-state index in [0.717, 1.165) is 29.7 Å². The SMILES string of the molecule is CCN(Cc1ccco1)c1ccc(Br)cc1CC(C)N. The van der Waals surface area contributed by atoms with Gasteiger partial charge in [-0.2, -0.15) is 0 Å². The van der Waals surface area contributed by atoms with Gasteiger partial charge in [-0.1, -0.05) is 15.9 Å². The van der Waals surface area contributed by atoms with Gasteiger partial charge in [0.2, 0.25) is 0 Å². The molecule has 1 heterocycles. The lowest BCUT2D eigenvalue weighted by Gasteiger charge is -2.25. The van der Waals surface area contributed by atoms with E-state index in [1.54, 1.807) is 6.26 Å². The van der Waals surface area contributed by atoms with Crippen molar-refractivity contribution in [3.63, 3.8) is 0 Å². The average Bonchev–Trinajstić information content (AvgIpc) is 2.89. The van der Waals surface area contributed by atoms with Crippen LogP contribution in [0, 0.1) is 0 Å². The maximum absolute atomic E-state index is 5.97. The lowest BCUT2D eigenvalue weighted by atomic mass is 10.0. The van der Waals surface area contributed by atoms with Crippen molar-refractivity contribution in [3.8, 4) is 0 Å².